The number of hydrogen-bond donors (Lipinski definition) is 0. The van der Waals surface area contributed by atoms with Gasteiger partial charge in [0.05, 0.1) is 6.26 Å². The highest BCUT2D eigenvalue weighted by Crippen LogP contribution is 2.28. The van der Waals surface area contributed by atoms with Crippen molar-refractivity contribution >= 4 is 23.4 Å². The van der Waals surface area contributed by atoms with E-state index >= 15 is 0 Å². The van der Waals surface area contributed by atoms with Gasteiger partial charge < -0.3 is 19.0 Å². The largest absolute Gasteiger partial charge is 0.489 e. The van der Waals surface area contributed by atoms with Crippen molar-refractivity contribution < 1.29 is 18.7 Å². The van der Waals surface area contributed by atoms with Crippen molar-refractivity contribution in [3.05, 3.63) is 52.9 Å². The summed E-state index contributed by atoms with van der Waals surface area (Å²) < 4.78 is 11.2. The lowest BCUT2D eigenvalue weighted by molar-refractivity contribution is -0.133. The molecule has 1 saturated heterocycles. The van der Waals surface area contributed by atoms with E-state index in [4.69, 9.17) is 20.8 Å². The number of carbonyl (C=O) groups is 2. The highest BCUT2D eigenvalue weighted by Gasteiger charge is 2.27. The van der Waals surface area contributed by atoms with E-state index in [2.05, 4.69) is 4.90 Å². The van der Waals surface area contributed by atoms with E-state index in [1.165, 1.54) is 6.26 Å². The lowest BCUT2D eigenvalue weighted by atomic mass is 10.2. The number of ether oxygens (including phenoxy) is 1. The minimum Gasteiger partial charge on any atom is -0.489 e. The molecule has 1 atom stereocenters. The van der Waals surface area contributed by atoms with Gasteiger partial charge in [0.15, 0.2) is 5.76 Å². The van der Waals surface area contributed by atoms with Crippen molar-refractivity contribution in [2.75, 3.05) is 39.3 Å². The second-order valence-corrected chi connectivity index (χ2v) is 8.25. The van der Waals surface area contributed by atoms with Crippen LogP contribution in [0.1, 0.15) is 29.5 Å². The molecule has 0 aliphatic carbocycles. The van der Waals surface area contributed by atoms with Gasteiger partial charge in [-0.05, 0) is 37.3 Å². The van der Waals surface area contributed by atoms with Crippen LogP contribution in [-0.4, -0.2) is 71.9 Å². The number of rotatable bonds is 4. The Bertz CT molecular complexity index is 894. The second-order valence-electron chi connectivity index (χ2n) is 7.82. The molecular weight excluding hydrogens is 406 g/mol. The summed E-state index contributed by atoms with van der Waals surface area (Å²) in [6.07, 6.45) is 1.97. The zero-order chi connectivity index (χ0) is 21.1. The maximum Gasteiger partial charge on any atom is 0.289 e. The summed E-state index contributed by atoms with van der Waals surface area (Å²) in [5.74, 6) is 1.19. The van der Waals surface area contributed by atoms with Crippen LogP contribution in [-0.2, 0) is 11.3 Å². The first-order chi connectivity index (χ1) is 14.5. The molecule has 2 aliphatic heterocycles. The molecule has 0 radical (unpaired) electrons. The standard InChI is InChI=1S/C22H26ClN3O4/c1-16-14-24(15-17-13-18(23)4-5-19(17)30-16)7-6-21(27)25-8-10-26(11-9-25)22(28)20-3-2-12-29-20/h2-5,12-13,16H,6-11,14-15H2,1H3. The van der Waals surface area contributed by atoms with Crippen molar-refractivity contribution in [3.63, 3.8) is 0 Å². The molecule has 0 bridgehead atoms. The highest BCUT2D eigenvalue weighted by atomic mass is 35.5. The molecule has 7 nitrogen and oxygen atoms in total. The first-order valence-corrected chi connectivity index (χ1v) is 10.7. The third-order valence-corrected chi connectivity index (χ3v) is 5.79. The van der Waals surface area contributed by atoms with Gasteiger partial charge in [-0.15, -0.1) is 0 Å². The van der Waals surface area contributed by atoms with Crippen LogP contribution in [0.5, 0.6) is 5.75 Å². The third kappa shape index (κ3) is 4.79. The fourth-order valence-corrected chi connectivity index (χ4v) is 4.20. The summed E-state index contributed by atoms with van der Waals surface area (Å²) in [6, 6.07) is 9.04. The van der Waals surface area contributed by atoms with Crippen LogP contribution in [0, 0.1) is 0 Å². The maximum absolute atomic E-state index is 12.7. The van der Waals surface area contributed by atoms with Gasteiger partial charge in [-0.1, -0.05) is 11.6 Å². The molecule has 3 heterocycles. The fourth-order valence-electron chi connectivity index (χ4n) is 4.01. The predicted molar refractivity (Wildman–Crippen MR) is 113 cm³/mol. The number of halogens is 1. The predicted octanol–water partition coefficient (Wildman–Crippen LogP) is 2.89. The van der Waals surface area contributed by atoms with Crippen molar-refractivity contribution in [1.82, 2.24) is 14.7 Å². The summed E-state index contributed by atoms with van der Waals surface area (Å²) >= 11 is 6.14. The molecule has 1 aromatic heterocycles. The van der Waals surface area contributed by atoms with Gasteiger partial charge in [-0.2, -0.15) is 0 Å². The van der Waals surface area contributed by atoms with Crippen LogP contribution >= 0.6 is 11.6 Å². The van der Waals surface area contributed by atoms with Crippen molar-refractivity contribution in [3.8, 4) is 5.75 Å². The molecule has 2 aliphatic rings. The van der Waals surface area contributed by atoms with Crippen molar-refractivity contribution in [1.29, 1.82) is 0 Å². The third-order valence-electron chi connectivity index (χ3n) is 5.55. The van der Waals surface area contributed by atoms with Crippen molar-refractivity contribution in [2.24, 2.45) is 0 Å². The monoisotopic (exact) mass is 431 g/mol. The molecule has 1 fully saturated rings. The van der Waals surface area contributed by atoms with Crippen LogP contribution in [0.4, 0.5) is 0 Å². The van der Waals surface area contributed by atoms with Gasteiger partial charge in [0.25, 0.3) is 5.91 Å². The maximum atomic E-state index is 12.7. The average molecular weight is 432 g/mol. The lowest BCUT2D eigenvalue weighted by Crippen LogP contribution is -2.51. The molecule has 0 N–H and O–H groups in total. The zero-order valence-corrected chi connectivity index (χ0v) is 17.8. The van der Waals surface area contributed by atoms with Gasteiger partial charge in [0, 0.05) is 62.8 Å². The molecule has 8 heteroatoms. The van der Waals surface area contributed by atoms with Crippen LogP contribution in [0.25, 0.3) is 0 Å². The van der Waals surface area contributed by atoms with E-state index in [0.717, 1.165) is 17.9 Å². The SMILES string of the molecule is CC1CN(CCC(=O)N2CCN(C(=O)c3ccco3)CC2)Cc2cc(Cl)ccc2O1. The lowest BCUT2D eigenvalue weighted by Gasteiger charge is -2.34. The number of carbonyl (C=O) groups excluding carboxylic acids is 2. The molecule has 1 unspecified atom stereocenters. The number of piperazine rings is 1. The van der Waals surface area contributed by atoms with E-state index in [1.807, 2.05) is 30.0 Å². The van der Waals surface area contributed by atoms with Gasteiger partial charge in [0.1, 0.15) is 11.9 Å². The summed E-state index contributed by atoms with van der Waals surface area (Å²) in [4.78, 5) is 30.9. The zero-order valence-electron chi connectivity index (χ0n) is 17.1. The molecule has 1 aromatic carbocycles. The Morgan fingerprint density at radius 2 is 1.90 bits per heavy atom. The number of fused-ring (bicyclic) bond motifs is 1. The topological polar surface area (TPSA) is 66.2 Å². The Morgan fingerprint density at radius 3 is 2.63 bits per heavy atom. The molecule has 0 saturated carbocycles. The minimum absolute atomic E-state index is 0.0404. The molecule has 2 amide bonds. The van der Waals surface area contributed by atoms with Gasteiger partial charge >= 0.3 is 0 Å². The van der Waals surface area contributed by atoms with Crippen LogP contribution < -0.4 is 4.74 Å². The summed E-state index contributed by atoms with van der Waals surface area (Å²) in [5, 5.41) is 0.685. The van der Waals surface area contributed by atoms with Gasteiger partial charge in [-0.25, -0.2) is 0 Å². The minimum atomic E-state index is -0.122. The summed E-state index contributed by atoms with van der Waals surface area (Å²) in [6.45, 7) is 6.28. The number of amides is 2. The Hall–Kier alpha value is -2.51. The fraction of sp³-hybridized carbons (Fsp3) is 0.455. The first-order valence-electron chi connectivity index (χ1n) is 10.3. The molecule has 160 valence electrons. The summed E-state index contributed by atoms with van der Waals surface area (Å²) in [5.41, 5.74) is 1.05. The molecular formula is C22H26ClN3O4. The van der Waals surface area contributed by atoms with E-state index in [-0.39, 0.29) is 17.9 Å². The van der Waals surface area contributed by atoms with Gasteiger partial charge in [0.2, 0.25) is 5.91 Å². The number of furan rings is 1. The average Bonchev–Trinajstić information content (AvgIpc) is 3.23. The normalized spacial score (nSPS) is 19.7. The summed E-state index contributed by atoms with van der Waals surface area (Å²) in [7, 11) is 0. The number of hydrogen-bond acceptors (Lipinski definition) is 5. The van der Waals surface area contributed by atoms with Crippen LogP contribution in [0.3, 0.4) is 0 Å². The quantitative estimate of drug-likeness (QED) is 0.744. The van der Waals surface area contributed by atoms with Gasteiger partial charge in [-0.3, -0.25) is 14.5 Å². The second kappa shape index (κ2) is 9.10. The first kappa shape index (κ1) is 20.8. The Labute approximate surface area is 181 Å². The van der Waals surface area contributed by atoms with E-state index in [0.29, 0.717) is 56.5 Å². The molecule has 2 aromatic rings. The molecule has 30 heavy (non-hydrogen) atoms. The molecule has 4 rings (SSSR count). The highest BCUT2D eigenvalue weighted by molar-refractivity contribution is 6.30. The Balaban J connectivity index is 1.28. The number of nitrogens with zero attached hydrogens (tertiary/aromatic N) is 3. The van der Waals surface area contributed by atoms with E-state index in [1.54, 1.807) is 17.0 Å². The molecule has 0 spiro atoms. The van der Waals surface area contributed by atoms with E-state index < -0.39 is 0 Å². The Kier molecular flexibility index (Phi) is 6.29. The Morgan fingerprint density at radius 1 is 1.13 bits per heavy atom. The smallest absolute Gasteiger partial charge is 0.289 e. The van der Waals surface area contributed by atoms with Crippen LogP contribution in [0.2, 0.25) is 5.02 Å². The van der Waals surface area contributed by atoms with Crippen LogP contribution in [0.15, 0.2) is 41.0 Å². The van der Waals surface area contributed by atoms with Crippen molar-refractivity contribution in [2.45, 2.75) is 26.0 Å². The van der Waals surface area contributed by atoms with E-state index in [9.17, 15) is 9.59 Å². The number of benzene rings is 1.